The quantitative estimate of drug-likeness (QED) is 0.623. The molecule has 1 aromatic carbocycles. The molecule has 0 bridgehead atoms. The van der Waals surface area contributed by atoms with Crippen LogP contribution in [0.2, 0.25) is 0 Å². The minimum absolute atomic E-state index is 0.125. The minimum Gasteiger partial charge on any atom is -0.377 e. The first-order chi connectivity index (χ1) is 7.26. The molecule has 3 heteroatoms. The van der Waals surface area contributed by atoms with Crippen molar-refractivity contribution in [3.63, 3.8) is 0 Å². The number of alkyl halides is 1. The second-order valence-corrected chi connectivity index (χ2v) is 4.29. The van der Waals surface area contributed by atoms with Crippen LogP contribution < -0.4 is 0 Å². The number of hydrogen-bond acceptors (Lipinski definition) is 2. The average molecular weight is 269 g/mol. The van der Waals surface area contributed by atoms with Crippen molar-refractivity contribution in [1.82, 2.24) is 0 Å². The Morgan fingerprint density at radius 2 is 2.40 bits per heavy atom. The Bertz CT molecular complexity index is 387. The number of hydrogen-bond donors (Lipinski definition) is 0. The maximum Gasteiger partial charge on any atom is 0.173 e. The highest BCUT2D eigenvalue weighted by molar-refractivity contribution is 9.09. The van der Waals surface area contributed by atoms with Crippen LogP contribution in [0.25, 0.3) is 0 Å². The maximum atomic E-state index is 11.5. The summed E-state index contributed by atoms with van der Waals surface area (Å²) in [6.07, 6.45) is 2.25. The molecular weight excluding hydrogens is 256 g/mol. The monoisotopic (exact) mass is 268 g/mol. The van der Waals surface area contributed by atoms with E-state index in [0.29, 0.717) is 5.33 Å². The molecule has 1 aliphatic carbocycles. The standard InChI is InChI=1S/C12H13BrO2/c1-15-12-5-4-8-2-3-9(6-10(8)12)11(14)7-13/h2-3,6,12H,4-5,7H2,1H3. The summed E-state index contributed by atoms with van der Waals surface area (Å²) in [6, 6.07) is 5.92. The molecule has 1 atom stereocenters. The van der Waals surface area contributed by atoms with Crippen molar-refractivity contribution >= 4 is 21.7 Å². The van der Waals surface area contributed by atoms with Crippen molar-refractivity contribution in [2.24, 2.45) is 0 Å². The van der Waals surface area contributed by atoms with Crippen molar-refractivity contribution in [2.75, 3.05) is 12.4 Å². The summed E-state index contributed by atoms with van der Waals surface area (Å²) in [4.78, 5) is 11.5. The van der Waals surface area contributed by atoms with E-state index in [0.717, 1.165) is 18.4 Å². The molecule has 0 heterocycles. The van der Waals surface area contributed by atoms with Gasteiger partial charge in [0.1, 0.15) is 0 Å². The number of aryl methyl sites for hydroxylation is 1. The van der Waals surface area contributed by atoms with Gasteiger partial charge in [0.05, 0.1) is 11.4 Å². The van der Waals surface area contributed by atoms with Crippen LogP contribution in [0, 0.1) is 0 Å². The molecule has 0 aromatic heterocycles. The zero-order chi connectivity index (χ0) is 10.8. The molecule has 2 rings (SSSR count). The normalized spacial score (nSPS) is 18.9. The first-order valence-electron chi connectivity index (χ1n) is 5.01. The third kappa shape index (κ3) is 1.99. The SMILES string of the molecule is COC1CCc2ccc(C(=O)CBr)cc21. The Balaban J connectivity index is 2.36. The summed E-state index contributed by atoms with van der Waals surface area (Å²) < 4.78 is 5.38. The van der Waals surface area contributed by atoms with Crippen LogP contribution in [-0.4, -0.2) is 18.2 Å². The van der Waals surface area contributed by atoms with Crippen molar-refractivity contribution < 1.29 is 9.53 Å². The van der Waals surface area contributed by atoms with Gasteiger partial charge < -0.3 is 4.74 Å². The van der Waals surface area contributed by atoms with E-state index in [1.54, 1.807) is 7.11 Å². The lowest BCUT2D eigenvalue weighted by atomic mass is 10.0. The number of carbonyl (C=O) groups excluding carboxylic acids is 1. The number of carbonyl (C=O) groups is 1. The Hall–Kier alpha value is -0.670. The molecule has 0 saturated heterocycles. The van der Waals surface area contributed by atoms with E-state index in [2.05, 4.69) is 15.9 Å². The van der Waals surface area contributed by atoms with Crippen molar-refractivity contribution in [3.8, 4) is 0 Å². The molecule has 1 aromatic rings. The Morgan fingerprint density at radius 3 is 3.07 bits per heavy atom. The molecule has 0 fully saturated rings. The first kappa shape index (κ1) is 10.8. The van der Waals surface area contributed by atoms with Gasteiger partial charge in [-0.25, -0.2) is 0 Å². The van der Waals surface area contributed by atoms with Gasteiger partial charge in [-0.15, -0.1) is 0 Å². The Kier molecular flexibility index (Phi) is 3.22. The molecule has 80 valence electrons. The number of ketones is 1. The van der Waals surface area contributed by atoms with Gasteiger partial charge in [0.2, 0.25) is 0 Å². The molecule has 1 unspecified atom stereocenters. The molecule has 0 radical (unpaired) electrons. The van der Waals surface area contributed by atoms with Gasteiger partial charge in [0, 0.05) is 12.7 Å². The zero-order valence-corrected chi connectivity index (χ0v) is 10.2. The number of Topliss-reactive ketones (excluding diaryl/α,β-unsaturated/α-hetero) is 1. The van der Waals surface area contributed by atoms with E-state index in [1.165, 1.54) is 11.1 Å². The van der Waals surface area contributed by atoms with E-state index in [9.17, 15) is 4.79 Å². The van der Waals surface area contributed by atoms with E-state index in [4.69, 9.17) is 4.74 Å². The lowest BCUT2D eigenvalue weighted by Crippen LogP contribution is -2.02. The average Bonchev–Trinajstić information content (AvgIpc) is 2.69. The zero-order valence-electron chi connectivity index (χ0n) is 8.63. The Morgan fingerprint density at radius 1 is 1.60 bits per heavy atom. The number of rotatable bonds is 3. The van der Waals surface area contributed by atoms with Crippen LogP contribution in [-0.2, 0) is 11.2 Å². The third-order valence-electron chi connectivity index (χ3n) is 2.90. The number of ether oxygens (including phenoxy) is 1. The largest absolute Gasteiger partial charge is 0.377 e. The summed E-state index contributed by atoms with van der Waals surface area (Å²) >= 11 is 3.18. The predicted molar refractivity (Wildman–Crippen MR) is 62.6 cm³/mol. The summed E-state index contributed by atoms with van der Waals surface area (Å²) in [6.45, 7) is 0. The van der Waals surface area contributed by atoms with Crippen LogP contribution >= 0.6 is 15.9 Å². The highest BCUT2D eigenvalue weighted by atomic mass is 79.9. The molecule has 2 nitrogen and oxygen atoms in total. The van der Waals surface area contributed by atoms with Gasteiger partial charge >= 0.3 is 0 Å². The fourth-order valence-corrected chi connectivity index (χ4v) is 2.38. The Labute approximate surface area is 97.8 Å². The molecule has 0 saturated carbocycles. The lowest BCUT2D eigenvalue weighted by Gasteiger charge is -2.09. The van der Waals surface area contributed by atoms with Crippen molar-refractivity contribution in [1.29, 1.82) is 0 Å². The van der Waals surface area contributed by atoms with E-state index >= 15 is 0 Å². The third-order valence-corrected chi connectivity index (χ3v) is 3.41. The van der Waals surface area contributed by atoms with Gasteiger partial charge in [-0.1, -0.05) is 28.1 Å². The predicted octanol–water partition coefficient (Wildman–Crippen LogP) is 2.90. The number of fused-ring (bicyclic) bond motifs is 1. The number of benzene rings is 1. The number of halogens is 1. The second kappa shape index (κ2) is 4.45. The van der Waals surface area contributed by atoms with E-state index in [1.807, 2.05) is 18.2 Å². The van der Waals surface area contributed by atoms with Crippen LogP contribution in [0.5, 0.6) is 0 Å². The van der Waals surface area contributed by atoms with Crippen LogP contribution in [0.3, 0.4) is 0 Å². The summed E-state index contributed by atoms with van der Waals surface area (Å²) in [5.41, 5.74) is 3.27. The van der Waals surface area contributed by atoms with Crippen LogP contribution in [0.15, 0.2) is 18.2 Å². The molecule has 0 spiro atoms. The topological polar surface area (TPSA) is 26.3 Å². The van der Waals surface area contributed by atoms with Gasteiger partial charge in [-0.2, -0.15) is 0 Å². The molecule has 0 aliphatic heterocycles. The molecule has 1 aliphatic rings. The highest BCUT2D eigenvalue weighted by Gasteiger charge is 2.22. The molecular formula is C12H13BrO2. The first-order valence-corrected chi connectivity index (χ1v) is 6.13. The molecule has 0 N–H and O–H groups in total. The van der Waals surface area contributed by atoms with Gasteiger partial charge in [0.25, 0.3) is 0 Å². The fourth-order valence-electron chi connectivity index (χ4n) is 2.06. The summed E-state index contributed by atoms with van der Waals surface area (Å²) in [5.74, 6) is 0.125. The van der Waals surface area contributed by atoms with E-state index in [-0.39, 0.29) is 11.9 Å². The maximum absolute atomic E-state index is 11.5. The van der Waals surface area contributed by atoms with Gasteiger partial charge in [-0.3, -0.25) is 4.79 Å². The lowest BCUT2D eigenvalue weighted by molar-refractivity contribution is 0.101. The van der Waals surface area contributed by atoms with Crippen molar-refractivity contribution in [2.45, 2.75) is 18.9 Å². The summed E-state index contributed by atoms with van der Waals surface area (Å²) in [5, 5.41) is 0.378. The fraction of sp³-hybridized carbons (Fsp3) is 0.417. The smallest absolute Gasteiger partial charge is 0.173 e. The summed E-state index contributed by atoms with van der Waals surface area (Å²) in [7, 11) is 1.72. The number of methoxy groups -OCH3 is 1. The van der Waals surface area contributed by atoms with Gasteiger partial charge in [0.15, 0.2) is 5.78 Å². The molecule has 0 amide bonds. The van der Waals surface area contributed by atoms with Crippen molar-refractivity contribution in [3.05, 3.63) is 34.9 Å². The second-order valence-electron chi connectivity index (χ2n) is 3.73. The highest BCUT2D eigenvalue weighted by Crippen LogP contribution is 2.34. The van der Waals surface area contributed by atoms with Crippen LogP contribution in [0.1, 0.15) is 34.0 Å². The van der Waals surface area contributed by atoms with Crippen LogP contribution in [0.4, 0.5) is 0 Å². The van der Waals surface area contributed by atoms with Gasteiger partial charge in [-0.05, 0) is 30.0 Å². The minimum atomic E-state index is 0.125. The van der Waals surface area contributed by atoms with E-state index < -0.39 is 0 Å². The molecule has 15 heavy (non-hydrogen) atoms.